The van der Waals surface area contributed by atoms with Crippen LogP contribution in [0.2, 0.25) is 0 Å². The number of amides is 1. The number of carbonyl (C=O) groups is 2. The summed E-state index contributed by atoms with van der Waals surface area (Å²) in [4.78, 5) is 45.5. The molecule has 10 nitrogen and oxygen atoms in total. The molecule has 10 heteroatoms. The molecule has 0 spiro atoms. The summed E-state index contributed by atoms with van der Waals surface area (Å²) >= 11 is 0. The van der Waals surface area contributed by atoms with Crippen LogP contribution in [0.4, 0.5) is 5.95 Å². The van der Waals surface area contributed by atoms with Crippen LogP contribution in [-0.2, 0) is 6.54 Å². The van der Waals surface area contributed by atoms with Crippen molar-refractivity contribution >= 4 is 28.8 Å². The number of aromatic amines is 1. The number of aromatic nitrogens is 4. The van der Waals surface area contributed by atoms with E-state index in [0.29, 0.717) is 0 Å². The van der Waals surface area contributed by atoms with Crippen molar-refractivity contribution in [3.8, 4) is 5.75 Å². The minimum atomic E-state index is -0.851. The third-order valence-corrected chi connectivity index (χ3v) is 3.39. The van der Waals surface area contributed by atoms with Crippen LogP contribution >= 0.6 is 0 Å². The van der Waals surface area contributed by atoms with Gasteiger partial charge in [-0.15, -0.1) is 0 Å². The number of hydrogen-bond donors (Lipinski definition) is 4. The van der Waals surface area contributed by atoms with Gasteiger partial charge in [0.2, 0.25) is 5.95 Å². The average Bonchev–Trinajstić information content (AvgIpc) is 2.90. The second-order valence-corrected chi connectivity index (χ2v) is 5.02. The molecule has 0 saturated heterocycles. The fraction of sp³-hybridized carbons (Fsp3) is 0.0714. The van der Waals surface area contributed by atoms with Crippen molar-refractivity contribution in [3.63, 3.8) is 0 Å². The Kier molecular flexibility index (Phi) is 3.49. The Hall–Kier alpha value is -3.69. The van der Waals surface area contributed by atoms with Gasteiger partial charge in [0.25, 0.3) is 11.5 Å². The zero-order chi connectivity index (χ0) is 17.4. The van der Waals surface area contributed by atoms with Gasteiger partial charge in [0.05, 0.1) is 18.4 Å². The van der Waals surface area contributed by atoms with Crippen LogP contribution in [0.15, 0.2) is 29.3 Å². The summed E-state index contributed by atoms with van der Waals surface area (Å²) in [7, 11) is 0. The first-order valence-electron chi connectivity index (χ1n) is 6.73. The Morgan fingerprint density at radius 2 is 2.08 bits per heavy atom. The lowest BCUT2D eigenvalue weighted by molar-refractivity contribution is 0.0973. The van der Waals surface area contributed by atoms with E-state index in [-0.39, 0.29) is 40.5 Å². The van der Waals surface area contributed by atoms with Crippen molar-refractivity contribution < 1.29 is 14.7 Å². The standard InChI is InChI=1S/C14H12N6O4/c15-11(23)7-3-6(1-2-8(7)21)9(22)4-20-5-17-10-12(20)18-14(16)19-13(10)24/h1-3,5,21H,4H2,(H2,15,23)(H3,16,18,19,24). The van der Waals surface area contributed by atoms with Crippen LogP contribution in [0.3, 0.4) is 0 Å². The molecule has 2 heterocycles. The van der Waals surface area contributed by atoms with E-state index in [1.807, 2.05) is 0 Å². The van der Waals surface area contributed by atoms with Crippen molar-refractivity contribution in [1.82, 2.24) is 19.5 Å². The van der Waals surface area contributed by atoms with E-state index in [0.717, 1.165) is 0 Å². The third-order valence-electron chi connectivity index (χ3n) is 3.39. The lowest BCUT2D eigenvalue weighted by atomic mass is 10.1. The number of hydrogen-bond acceptors (Lipinski definition) is 7. The number of nitrogens with one attached hydrogen (secondary N) is 1. The molecule has 0 saturated carbocycles. The van der Waals surface area contributed by atoms with Gasteiger partial charge in [0, 0.05) is 5.56 Å². The molecule has 0 atom stereocenters. The van der Waals surface area contributed by atoms with Gasteiger partial charge in [0.15, 0.2) is 16.9 Å². The minimum Gasteiger partial charge on any atom is -0.507 e. The highest BCUT2D eigenvalue weighted by atomic mass is 16.3. The van der Waals surface area contributed by atoms with Gasteiger partial charge in [-0.25, -0.2) is 4.98 Å². The number of imidazole rings is 1. The number of phenols is 1. The smallest absolute Gasteiger partial charge is 0.280 e. The number of fused-ring (bicyclic) bond motifs is 1. The van der Waals surface area contributed by atoms with Crippen LogP contribution in [0.5, 0.6) is 5.75 Å². The quantitative estimate of drug-likeness (QED) is 0.463. The first kappa shape index (κ1) is 15.2. The Balaban J connectivity index is 1.97. The van der Waals surface area contributed by atoms with Gasteiger partial charge in [-0.3, -0.25) is 19.4 Å². The first-order chi connectivity index (χ1) is 11.4. The molecule has 0 bridgehead atoms. The number of Topliss-reactive ketones (excluding diaryl/α,β-unsaturated/α-hetero) is 1. The molecule has 122 valence electrons. The summed E-state index contributed by atoms with van der Waals surface area (Å²) in [6.07, 6.45) is 1.29. The minimum absolute atomic E-state index is 0.0560. The zero-order valence-corrected chi connectivity index (χ0v) is 12.2. The van der Waals surface area contributed by atoms with E-state index in [4.69, 9.17) is 11.5 Å². The summed E-state index contributed by atoms with van der Waals surface area (Å²) in [5, 5.41) is 9.56. The summed E-state index contributed by atoms with van der Waals surface area (Å²) in [6, 6.07) is 3.77. The van der Waals surface area contributed by atoms with Crippen molar-refractivity contribution in [2.45, 2.75) is 6.54 Å². The number of nitrogens with zero attached hydrogens (tertiary/aromatic N) is 3. The number of H-pyrrole nitrogens is 1. The van der Waals surface area contributed by atoms with E-state index in [1.54, 1.807) is 0 Å². The van der Waals surface area contributed by atoms with Crippen LogP contribution < -0.4 is 17.0 Å². The highest BCUT2D eigenvalue weighted by Crippen LogP contribution is 2.19. The molecule has 0 aliphatic heterocycles. The van der Waals surface area contributed by atoms with E-state index in [9.17, 15) is 19.5 Å². The maximum absolute atomic E-state index is 12.4. The number of primary amides is 1. The lowest BCUT2D eigenvalue weighted by Crippen LogP contribution is -2.16. The zero-order valence-electron chi connectivity index (χ0n) is 12.2. The third kappa shape index (κ3) is 2.56. The number of nitrogens with two attached hydrogens (primary N) is 2. The molecule has 24 heavy (non-hydrogen) atoms. The van der Waals surface area contributed by atoms with Crippen LogP contribution in [0.1, 0.15) is 20.7 Å². The maximum Gasteiger partial charge on any atom is 0.280 e. The highest BCUT2D eigenvalue weighted by molar-refractivity contribution is 6.01. The summed E-state index contributed by atoms with van der Waals surface area (Å²) in [6.45, 7) is -0.185. The van der Waals surface area contributed by atoms with Crippen molar-refractivity contribution in [2.75, 3.05) is 5.73 Å². The summed E-state index contributed by atoms with van der Waals surface area (Å²) in [5.74, 6) is -1.65. The van der Waals surface area contributed by atoms with Gasteiger partial charge in [-0.2, -0.15) is 4.98 Å². The number of ketones is 1. The molecule has 6 N–H and O–H groups in total. The van der Waals surface area contributed by atoms with E-state index in [2.05, 4.69) is 15.0 Å². The number of rotatable bonds is 4. The van der Waals surface area contributed by atoms with E-state index >= 15 is 0 Å². The average molecular weight is 328 g/mol. The predicted molar refractivity (Wildman–Crippen MR) is 83.5 cm³/mol. The van der Waals surface area contributed by atoms with Gasteiger partial charge < -0.3 is 21.1 Å². The Bertz CT molecular complexity index is 1040. The van der Waals surface area contributed by atoms with Crippen LogP contribution in [0, 0.1) is 0 Å². The molecule has 0 aliphatic rings. The normalized spacial score (nSPS) is 10.8. The molecule has 3 aromatic rings. The molecule has 1 aromatic carbocycles. The highest BCUT2D eigenvalue weighted by Gasteiger charge is 2.16. The Morgan fingerprint density at radius 3 is 2.79 bits per heavy atom. The van der Waals surface area contributed by atoms with Gasteiger partial charge in [-0.1, -0.05) is 0 Å². The van der Waals surface area contributed by atoms with Crippen LogP contribution in [-0.4, -0.2) is 36.3 Å². The fourth-order valence-corrected chi connectivity index (χ4v) is 2.24. The number of benzene rings is 1. The number of nitrogen functional groups attached to an aromatic ring is 1. The first-order valence-corrected chi connectivity index (χ1v) is 6.73. The molecule has 0 aliphatic carbocycles. The molecule has 0 unspecified atom stereocenters. The van der Waals surface area contributed by atoms with Crippen molar-refractivity contribution in [2.24, 2.45) is 5.73 Å². The SMILES string of the molecule is NC(=O)c1cc(C(=O)Cn2cnc3c(=O)[nH]c(N)nc32)ccc1O. The largest absolute Gasteiger partial charge is 0.507 e. The topological polar surface area (TPSA) is 170 Å². The van der Waals surface area contributed by atoms with Crippen LogP contribution in [0.25, 0.3) is 11.2 Å². The number of anilines is 1. The molecule has 0 fully saturated rings. The summed E-state index contributed by atoms with van der Waals surface area (Å²) in [5.41, 5.74) is 10.4. The molecule has 2 aromatic heterocycles. The molecular formula is C14H12N6O4. The molecule has 1 amide bonds. The molecule has 3 rings (SSSR count). The fourth-order valence-electron chi connectivity index (χ4n) is 2.24. The lowest BCUT2D eigenvalue weighted by Gasteiger charge is -2.06. The second kappa shape index (κ2) is 5.50. The maximum atomic E-state index is 12.4. The Labute approximate surface area is 133 Å². The number of aromatic hydroxyl groups is 1. The van der Waals surface area contributed by atoms with Gasteiger partial charge in [-0.05, 0) is 18.2 Å². The molecular weight excluding hydrogens is 316 g/mol. The Morgan fingerprint density at radius 1 is 1.33 bits per heavy atom. The van der Waals surface area contributed by atoms with E-state index < -0.39 is 17.2 Å². The monoisotopic (exact) mass is 328 g/mol. The number of carbonyl (C=O) groups excluding carboxylic acids is 2. The second-order valence-electron chi connectivity index (χ2n) is 5.02. The van der Waals surface area contributed by atoms with Gasteiger partial charge in [0.1, 0.15) is 5.75 Å². The van der Waals surface area contributed by atoms with Crippen molar-refractivity contribution in [3.05, 3.63) is 46.0 Å². The van der Waals surface area contributed by atoms with Crippen molar-refractivity contribution in [1.29, 1.82) is 0 Å². The van der Waals surface area contributed by atoms with Gasteiger partial charge >= 0.3 is 0 Å². The molecule has 0 radical (unpaired) electrons. The van der Waals surface area contributed by atoms with E-state index in [1.165, 1.54) is 29.1 Å². The predicted octanol–water partition coefficient (Wildman–Crippen LogP) is -0.611. The summed E-state index contributed by atoms with van der Waals surface area (Å²) < 4.78 is 1.36.